The highest BCUT2D eigenvalue weighted by Gasteiger charge is 2.06. The monoisotopic (exact) mass is 295 g/mol. The van der Waals surface area contributed by atoms with Crippen molar-refractivity contribution in [3.63, 3.8) is 0 Å². The predicted octanol–water partition coefficient (Wildman–Crippen LogP) is 2.85. The van der Waals surface area contributed by atoms with Gasteiger partial charge in [0.2, 0.25) is 0 Å². The SMILES string of the molecule is NCCc1c(F)cc(Br)cc1Br. The smallest absolute Gasteiger partial charge is 0.128 e. The molecule has 0 bridgehead atoms. The molecule has 0 saturated heterocycles. The number of rotatable bonds is 2. The molecular weight excluding hydrogens is 289 g/mol. The van der Waals surface area contributed by atoms with Crippen molar-refractivity contribution in [3.05, 3.63) is 32.5 Å². The Morgan fingerprint density at radius 2 is 2.00 bits per heavy atom. The van der Waals surface area contributed by atoms with Gasteiger partial charge in [-0.1, -0.05) is 31.9 Å². The van der Waals surface area contributed by atoms with Gasteiger partial charge >= 0.3 is 0 Å². The van der Waals surface area contributed by atoms with Crippen LogP contribution in [0.4, 0.5) is 4.39 Å². The van der Waals surface area contributed by atoms with Crippen LogP contribution in [0, 0.1) is 5.82 Å². The fourth-order valence-electron chi connectivity index (χ4n) is 0.955. The van der Waals surface area contributed by atoms with Crippen LogP contribution < -0.4 is 5.73 Å². The van der Waals surface area contributed by atoms with E-state index in [2.05, 4.69) is 31.9 Å². The molecule has 0 fully saturated rings. The predicted molar refractivity (Wildman–Crippen MR) is 54.6 cm³/mol. The Morgan fingerprint density at radius 1 is 1.33 bits per heavy atom. The molecule has 1 aromatic carbocycles. The van der Waals surface area contributed by atoms with Crippen molar-refractivity contribution in [3.8, 4) is 0 Å². The van der Waals surface area contributed by atoms with Crippen molar-refractivity contribution in [1.29, 1.82) is 0 Å². The molecular formula is C8H8Br2FN. The second-order valence-electron chi connectivity index (χ2n) is 2.39. The minimum Gasteiger partial charge on any atom is -0.330 e. The van der Waals surface area contributed by atoms with Gasteiger partial charge in [-0.3, -0.25) is 0 Å². The first kappa shape index (κ1) is 10.2. The first-order chi connectivity index (χ1) is 5.65. The van der Waals surface area contributed by atoms with Crippen molar-refractivity contribution in [2.24, 2.45) is 5.73 Å². The van der Waals surface area contributed by atoms with Gasteiger partial charge in [-0.25, -0.2) is 4.39 Å². The molecule has 1 rings (SSSR count). The Hall–Kier alpha value is 0.0700. The topological polar surface area (TPSA) is 26.0 Å². The van der Waals surface area contributed by atoms with Gasteiger partial charge in [0.1, 0.15) is 5.82 Å². The summed E-state index contributed by atoms with van der Waals surface area (Å²) in [5, 5.41) is 0. The normalized spacial score (nSPS) is 10.3. The average Bonchev–Trinajstić information content (AvgIpc) is 1.96. The van der Waals surface area contributed by atoms with Gasteiger partial charge in [-0.15, -0.1) is 0 Å². The third kappa shape index (κ3) is 2.28. The van der Waals surface area contributed by atoms with E-state index in [1.807, 2.05) is 6.07 Å². The molecule has 4 heteroatoms. The number of halogens is 3. The zero-order chi connectivity index (χ0) is 9.14. The van der Waals surface area contributed by atoms with E-state index in [0.29, 0.717) is 18.5 Å². The minimum absolute atomic E-state index is 0.221. The first-order valence-corrected chi connectivity index (χ1v) is 5.07. The van der Waals surface area contributed by atoms with E-state index in [1.165, 1.54) is 6.07 Å². The van der Waals surface area contributed by atoms with Crippen LogP contribution in [0.3, 0.4) is 0 Å². The summed E-state index contributed by atoms with van der Waals surface area (Å²) in [6.45, 7) is 0.456. The van der Waals surface area contributed by atoms with E-state index < -0.39 is 0 Å². The second kappa shape index (κ2) is 4.35. The lowest BCUT2D eigenvalue weighted by Gasteiger charge is -2.04. The number of benzene rings is 1. The molecule has 0 heterocycles. The zero-order valence-corrected chi connectivity index (χ0v) is 9.45. The van der Waals surface area contributed by atoms with Crippen LogP contribution in [0.15, 0.2) is 21.1 Å². The van der Waals surface area contributed by atoms with Gasteiger partial charge in [-0.2, -0.15) is 0 Å². The summed E-state index contributed by atoms with van der Waals surface area (Å²) in [4.78, 5) is 0. The van der Waals surface area contributed by atoms with E-state index >= 15 is 0 Å². The van der Waals surface area contributed by atoms with Crippen molar-refractivity contribution in [2.75, 3.05) is 6.54 Å². The highest BCUT2D eigenvalue weighted by atomic mass is 79.9. The number of hydrogen-bond acceptors (Lipinski definition) is 1. The fourth-order valence-corrected chi connectivity index (χ4v) is 2.33. The third-order valence-electron chi connectivity index (χ3n) is 1.50. The van der Waals surface area contributed by atoms with Gasteiger partial charge in [0.05, 0.1) is 0 Å². The van der Waals surface area contributed by atoms with Crippen LogP contribution in [0.1, 0.15) is 5.56 Å². The molecule has 1 aromatic rings. The molecule has 1 nitrogen and oxygen atoms in total. The standard InChI is InChI=1S/C8H8Br2FN/c9-5-3-7(10)6(1-2-12)8(11)4-5/h3-4H,1-2,12H2. The Morgan fingerprint density at radius 3 is 2.50 bits per heavy atom. The van der Waals surface area contributed by atoms with Gasteiger partial charge < -0.3 is 5.73 Å². The van der Waals surface area contributed by atoms with Gasteiger partial charge in [0.15, 0.2) is 0 Å². The molecule has 12 heavy (non-hydrogen) atoms. The largest absolute Gasteiger partial charge is 0.330 e. The summed E-state index contributed by atoms with van der Waals surface area (Å²) in [6, 6.07) is 3.25. The van der Waals surface area contributed by atoms with E-state index in [1.54, 1.807) is 0 Å². The number of hydrogen-bond donors (Lipinski definition) is 1. The first-order valence-electron chi connectivity index (χ1n) is 3.48. The van der Waals surface area contributed by atoms with Crippen LogP contribution in [0.25, 0.3) is 0 Å². The highest BCUT2D eigenvalue weighted by molar-refractivity contribution is 9.11. The lowest BCUT2D eigenvalue weighted by atomic mass is 10.1. The van der Waals surface area contributed by atoms with E-state index in [-0.39, 0.29) is 5.82 Å². The Balaban J connectivity index is 3.10. The zero-order valence-electron chi connectivity index (χ0n) is 6.28. The van der Waals surface area contributed by atoms with Gasteiger partial charge in [0.25, 0.3) is 0 Å². The minimum atomic E-state index is -0.221. The molecule has 0 unspecified atom stereocenters. The van der Waals surface area contributed by atoms with Crippen LogP contribution in [-0.2, 0) is 6.42 Å². The summed E-state index contributed by atoms with van der Waals surface area (Å²) in [7, 11) is 0. The van der Waals surface area contributed by atoms with Crippen molar-refractivity contribution < 1.29 is 4.39 Å². The molecule has 0 atom stereocenters. The Labute approximate surface area is 87.4 Å². The fraction of sp³-hybridized carbons (Fsp3) is 0.250. The maximum atomic E-state index is 13.2. The average molecular weight is 297 g/mol. The highest BCUT2D eigenvalue weighted by Crippen LogP contribution is 2.25. The van der Waals surface area contributed by atoms with E-state index in [4.69, 9.17) is 5.73 Å². The molecule has 0 aliphatic carbocycles. The summed E-state index contributed by atoms with van der Waals surface area (Å²) in [6.07, 6.45) is 0.555. The lowest BCUT2D eigenvalue weighted by molar-refractivity contribution is 0.607. The quantitative estimate of drug-likeness (QED) is 0.892. The summed E-state index contributed by atoms with van der Waals surface area (Å²) in [5.74, 6) is -0.221. The third-order valence-corrected chi connectivity index (χ3v) is 2.67. The second-order valence-corrected chi connectivity index (χ2v) is 4.16. The molecule has 0 amide bonds. The molecule has 0 saturated carbocycles. The lowest BCUT2D eigenvalue weighted by Crippen LogP contribution is -2.05. The summed E-state index contributed by atoms with van der Waals surface area (Å²) < 4.78 is 14.7. The van der Waals surface area contributed by atoms with Gasteiger partial charge in [-0.05, 0) is 25.1 Å². The molecule has 66 valence electrons. The van der Waals surface area contributed by atoms with Crippen molar-refractivity contribution in [2.45, 2.75) is 6.42 Å². The molecule has 0 aliphatic heterocycles. The maximum Gasteiger partial charge on any atom is 0.128 e. The van der Waals surface area contributed by atoms with Crippen LogP contribution in [-0.4, -0.2) is 6.54 Å². The van der Waals surface area contributed by atoms with Crippen LogP contribution in [0.5, 0.6) is 0 Å². The van der Waals surface area contributed by atoms with Crippen molar-refractivity contribution in [1.82, 2.24) is 0 Å². The summed E-state index contributed by atoms with van der Waals surface area (Å²) >= 11 is 6.47. The molecule has 0 spiro atoms. The molecule has 2 N–H and O–H groups in total. The van der Waals surface area contributed by atoms with Crippen LogP contribution >= 0.6 is 31.9 Å². The Kier molecular flexibility index (Phi) is 3.68. The number of nitrogens with two attached hydrogens (primary N) is 1. The van der Waals surface area contributed by atoms with E-state index in [0.717, 1.165) is 8.95 Å². The Bertz CT molecular complexity index is 265. The summed E-state index contributed by atoms with van der Waals surface area (Å²) in [5.41, 5.74) is 5.98. The van der Waals surface area contributed by atoms with E-state index in [9.17, 15) is 4.39 Å². The molecule has 0 aromatic heterocycles. The molecule has 0 aliphatic rings. The maximum absolute atomic E-state index is 13.2. The molecule has 0 radical (unpaired) electrons. The van der Waals surface area contributed by atoms with Crippen molar-refractivity contribution >= 4 is 31.9 Å². The van der Waals surface area contributed by atoms with Crippen LogP contribution in [0.2, 0.25) is 0 Å². The van der Waals surface area contributed by atoms with Gasteiger partial charge in [0, 0.05) is 14.5 Å².